The normalized spacial score (nSPS) is 18.0. The summed E-state index contributed by atoms with van der Waals surface area (Å²) < 4.78 is 49.8. The first-order valence-electron chi connectivity index (χ1n) is 13.4. The molecule has 1 saturated heterocycles. The molecular formula is C27H28F3N7O4. The van der Waals surface area contributed by atoms with Gasteiger partial charge in [-0.3, -0.25) is 4.79 Å². The van der Waals surface area contributed by atoms with Crippen molar-refractivity contribution in [2.45, 2.75) is 44.4 Å². The predicted molar refractivity (Wildman–Crippen MR) is 140 cm³/mol. The summed E-state index contributed by atoms with van der Waals surface area (Å²) in [6.45, 7) is 1.76. The van der Waals surface area contributed by atoms with Crippen molar-refractivity contribution in [3.8, 4) is 5.75 Å². The first-order valence-corrected chi connectivity index (χ1v) is 13.4. The third-order valence-electron chi connectivity index (χ3n) is 7.92. The lowest BCUT2D eigenvalue weighted by atomic mass is 10.0. The summed E-state index contributed by atoms with van der Waals surface area (Å²) in [5, 5.41) is 6.55. The minimum Gasteiger partial charge on any atom is -0.497 e. The van der Waals surface area contributed by atoms with Crippen molar-refractivity contribution < 1.29 is 32.0 Å². The van der Waals surface area contributed by atoms with E-state index in [9.17, 15) is 22.8 Å². The number of piperidine rings is 1. The molecule has 6 rings (SSSR count). The van der Waals surface area contributed by atoms with Crippen LogP contribution in [-0.2, 0) is 25.6 Å². The quantitative estimate of drug-likeness (QED) is 0.504. The van der Waals surface area contributed by atoms with E-state index >= 15 is 0 Å². The Balaban J connectivity index is 1.09. The van der Waals surface area contributed by atoms with Gasteiger partial charge >= 0.3 is 12.2 Å². The Morgan fingerprint density at radius 2 is 1.90 bits per heavy atom. The van der Waals surface area contributed by atoms with Gasteiger partial charge in [-0.2, -0.15) is 13.2 Å². The highest BCUT2D eigenvalue weighted by Gasteiger charge is 2.42. The van der Waals surface area contributed by atoms with E-state index in [2.05, 4.69) is 25.0 Å². The number of benzene rings is 1. The molecule has 0 radical (unpaired) electrons. The molecule has 2 aromatic heterocycles. The zero-order valence-corrected chi connectivity index (χ0v) is 22.3. The Hall–Kier alpha value is -4.36. The van der Waals surface area contributed by atoms with E-state index < -0.39 is 17.8 Å². The summed E-state index contributed by atoms with van der Waals surface area (Å²) in [5.74, 6) is -0.351. The van der Waals surface area contributed by atoms with Crippen molar-refractivity contribution in [3.05, 3.63) is 58.9 Å². The summed E-state index contributed by atoms with van der Waals surface area (Å²) in [4.78, 5) is 39.9. The molecule has 1 aromatic carbocycles. The zero-order valence-electron chi connectivity index (χ0n) is 22.3. The van der Waals surface area contributed by atoms with Crippen LogP contribution in [0, 0.1) is 0 Å². The van der Waals surface area contributed by atoms with Crippen molar-refractivity contribution in [3.63, 3.8) is 0 Å². The number of ether oxygens (including phenoxy) is 1. The van der Waals surface area contributed by atoms with Gasteiger partial charge in [-0.05, 0) is 43.0 Å². The minimum atomic E-state index is -4.69. The highest BCUT2D eigenvalue weighted by molar-refractivity contribution is 5.93. The third-order valence-corrected chi connectivity index (χ3v) is 7.92. The van der Waals surface area contributed by atoms with Crippen LogP contribution in [0.25, 0.3) is 0 Å². The van der Waals surface area contributed by atoms with Crippen molar-refractivity contribution in [1.82, 2.24) is 24.9 Å². The van der Waals surface area contributed by atoms with Crippen LogP contribution >= 0.6 is 0 Å². The van der Waals surface area contributed by atoms with Crippen LogP contribution < -0.4 is 15.0 Å². The molecule has 5 heterocycles. The van der Waals surface area contributed by atoms with Crippen LogP contribution in [-0.4, -0.2) is 76.2 Å². The molecule has 11 nitrogen and oxygen atoms in total. The monoisotopic (exact) mass is 571 g/mol. The maximum absolute atomic E-state index is 13.3. The number of nitrogens with one attached hydrogen (secondary N) is 1. The molecule has 0 unspecified atom stereocenters. The van der Waals surface area contributed by atoms with Gasteiger partial charge in [0.05, 0.1) is 19.3 Å². The lowest BCUT2D eigenvalue weighted by Crippen LogP contribution is -2.49. The summed E-state index contributed by atoms with van der Waals surface area (Å²) in [7, 11) is 1.61. The number of rotatable bonds is 4. The highest BCUT2D eigenvalue weighted by atomic mass is 19.4. The zero-order chi connectivity index (χ0) is 28.7. The Bertz CT molecular complexity index is 1470. The Labute approximate surface area is 233 Å². The van der Waals surface area contributed by atoms with Gasteiger partial charge in [-0.25, -0.2) is 14.8 Å². The smallest absolute Gasteiger partial charge is 0.452 e. The molecule has 0 spiro atoms. The van der Waals surface area contributed by atoms with E-state index in [4.69, 9.17) is 4.74 Å². The van der Waals surface area contributed by atoms with Gasteiger partial charge in [-0.1, -0.05) is 5.16 Å². The molecule has 1 fully saturated rings. The fourth-order valence-electron chi connectivity index (χ4n) is 5.72. The standard InChI is InChI=1S/C27H28F3N7O4/c1-40-18-2-3-20-16(12-18)4-11-37(26(39)33-20)17-5-8-35(9-6-17)23-13-22(31-15-32-23)25(38)36-10-7-21-19(14-36)24(41-34-21)27(28,29)30/h2-3,12-13,15,17H,4-11,14H2,1H3,(H,33,39). The minimum absolute atomic E-state index is 0.0411. The number of fused-ring (bicyclic) bond motifs is 2. The maximum atomic E-state index is 13.3. The number of carbonyl (C=O) groups is 2. The van der Waals surface area contributed by atoms with Crippen LogP contribution in [0.4, 0.5) is 29.5 Å². The molecule has 0 aliphatic carbocycles. The fourth-order valence-corrected chi connectivity index (χ4v) is 5.72. The second-order valence-corrected chi connectivity index (χ2v) is 10.3. The van der Waals surface area contributed by atoms with Gasteiger partial charge in [-0.15, -0.1) is 0 Å². The number of hydrogen-bond acceptors (Lipinski definition) is 8. The van der Waals surface area contributed by atoms with Crippen LogP contribution in [0.5, 0.6) is 5.75 Å². The summed E-state index contributed by atoms with van der Waals surface area (Å²) in [6, 6.07) is 7.10. The van der Waals surface area contributed by atoms with Gasteiger partial charge in [0, 0.05) is 56.0 Å². The van der Waals surface area contributed by atoms with Crippen LogP contribution in [0.2, 0.25) is 0 Å². The number of aromatic nitrogens is 3. The predicted octanol–water partition coefficient (Wildman–Crippen LogP) is 3.75. The van der Waals surface area contributed by atoms with Crippen molar-refractivity contribution in [2.75, 3.05) is 43.5 Å². The van der Waals surface area contributed by atoms with Gasteiger partial charge < -0.3 is 29.3 Å². The summed E-state index contributed by atoms with van der Waals surface area (Å²) in [5.41, 5.74) is 2.02. The molecule has 216 valence electrons. The number of carbonyl (C=O) groups excluding carboxylic acids is 2. The lowest BCUT2D eigenvalue weighted by molar-refractivity contribution is -0.156. The van der Waals surface area contributed by atoms with Crippen LogP contribution in [0.1, 0.15) is 45.9 Å². The molecule has 3 amide bonds. The Kier molecular flexibility index (Phi) is 6.91. The number of nitrogens with zero attached hydrogens (tertiary/aromatic N) is 6. The van der Waals surface area contributed by atoms with E-state index in [-0.39, 0.29) is 48.5 Å². The molecule has 3 aromatic rings. The number of alkyl halides is 3. The molecule has 0 atom stereocenters. The largest absolute Gasteiger partial charge is 0.497 e. The SMILES string of the molecule is COc1ccc2c(c1)CCN(C1CCN(c3cc(C(=O)N4CCc5noc(C(F)(F)F)c5C4)ncn3)CC1)C(=O)N2. The molecule has 0 saturated carbocycles. The lowest BCUT2D eigenvalue weighted by Gasteiger charge is -2.38. The molecule has 1 N–H and O–H groups in total. The summed E-state index contributed by atoms with van der Waals surface area (Å²) in [6.07, 6.45) is -1.11. The Morgan fingerprint density at radius 1 is 1.10 bits per heavy atom. The molecule has 0 bridgehead atoms. The first kappa shape index (κ1) is 26.8. The number of anilines is 2. The average molecular weight is 572 g/mol. The number of halogens is 3. The second-order valence-electron chi connectivity index (χ2n) is 10.3. The number of amides is 3. The molecule has 14 heteroatoms. The van der Waals surface area contributed by atoms with E-state index in [0.717, 1.165) is 17.0 Å². The van der Waals surface area contributed by atoms with E-state index in [1.54, 1.807) is 13.2 Å². The number of hydrogen-bond donors (Lipinski definition) is 1. The average Bonchev–Trinajstić information content (AvgIpc) is 3.35. The van der Waals surface area contributed by atoms with E-state index in [0.29, 0.717) is 44.7 Å². The van der Waals surface area contributed by atoms with E-state index in [1.165, 1.54) is 11.2 Å². The molecule has 3 aliphatic rings. The highest BCUT2D eigenvalue weighted by Crippen LogP contribution is 2.36. The van der Waals surface area contributed by atoms with E-state index in [1.807, 2.05) is 28.0 Å². The van der Waals surface area contributed by atoms with Gasteiger partial charge in [0.15, 0.2) is 0 Å². The maximum Gasteiger partial charge on any atom is 0.452 e. The first-order chi connectivity index (χ1) is 19.7. The molecule has 41 heavy (non-hydrogen) atoms. The van der Waals surface area contributed by atoms with Gasteiger partial charge in [0.1, 0.15) is 23.6 Å². The fraction of sp³-hybridized carbons (Fsp3) is 0.444. The third kappa shape index (κ3) is 5.25. The van der Waals surface area contributed by atoms with Crippen molar-refractivity contribution in [1.29, 1.82) is 0 Å². The van der Waals surface area contributed by atoms with Gasteiger partial charge in [0.2, 0.25) is 5.76 Å². The van der Waals surface area contributed by atoms with Crippen molar-refractivity contribution in [2.24, 2.45) is 0 Å². The second kappa shape index (κ2) is 10.6. The topological polar surface area (TPSA) is 117 Å². The molecule has 3 aliphatic heterocycles. The Morgan fingerprint density at radius 3 is 2.66 bits per heavy atom. The van der Waals surface area contributed by atoms with Crippen LogP contribution in [0.3, 0.4) is 0 Å². The number of methoxy groups -OCH3 is 1. The van der Waals surface area contributed by atoms with Gasteiger partial charge in [0.25, 0.3) is 5.91 Å². The summed E-state index contributed by atoms with van der Waals surface area (Å²) >= 11 is 0. The molecular weight excluding hydrogens is 543 g/mol. The van der Waals surface area contributed by atoms with Crippen molar-refractivity contribution >= 4 is 23.4 Å². The van der Waals surface area contributed by atoms with Crippen LogP contribution in [0.15, 0.2) is 35.1 Å². The number of urea groups is 1.